The number of aromatic nitrogens is 2. The van der Waals surface area contributed by atoms with Crippen molar-refractivity contribution in [2.75, 3.05) is 20.3 Å². The van der Waals surface area contributed by atoms with Crippen LogP contribution in [0, 0.1) is 0 Å². The van der Waals surface area contributed by atoms with Crippen LogP contribution in [0.3, 0.4) is 0 Å². The number of carboxylic acid groups (broad SMARTS) is 1. The number of rotatable bonds is 9. The van der Waals surface area contributed by atoms with Gasteiger partial charge in [0.05, 0.1) is 18.8 Å². The van der Waals surface area contributed by atoms with Crippen LogP contribution >= 0.6 is 0 Å². The number of ether oxygens (including phenoxy) is 2. The SMILES string of the molecule is COCC(NC(=O)c1cc(CNC(=O)OCC2c3ccccc3-c3ccccc32)nn1C)C(=O)O. The maximum Gasteiger partial charge on any atom is 0.407 e. The molecule has 1 aromatic heterocycles. The highest BCUT2D eigenvalue weighted by Crippen LogP contribution is 2.44. The molecule has 0 bridgehead atoms. The summed E-state index contributed by atoms with van der Waals surface area (Å²) in [7, 11) is 2.90. The van der Waals surface area contributed by atoms with Crippen molar-refractivity contribution < 1.29 is 29.0 Å². The highest BCUT2D eigenvalue weighted by atomic mass is 16.5. The predicted octanol–water partition coefficient (Wildman–Crippen LogP) is 2.29. The Morgan fingerprint density at radius 3 is 2.31 bits per heavy atom. The lowest BCUT2D eigenvalue weighted by Gasteiger charge is -2.14. The van der Waals surface area contributed by atoms with Crippen molar-refractivity contribution in [1.29, 1.82) is 0 Å². The quantitative estimate of drug-likeness (QED) is 0.430. The van der Waals surface area contributed by atoms with Crippen LogP contribution in [0.25, 0.3) is 11.1 Å². The molecule has 0 saturated heterocycles. The number of carboxylic acids is 1. The molecule has 0 radical (unpaired) electrons. The molecule has 3 N–H and O–H groups in total. The molecule has 1 aliphatic rings. The van der Waals surface area contributed by atoms with Gasteiger partial charge in [-0.3, -0.25) is 9.48 Å². The lowest BCUT2D eigenvalue weighted by atomic mass is 9.98. The van der Waals surface area contributed by atoms with Gasteiger partial charge in [-0.05, 0) is 28.3 Å². The van der Waals surface area contributed by atoms with E-state index in [9.17, 15) is 19.5 Å². The zero-order valence-corrected chi connectivity index (χ0v) is 19.4. The summed E-state index contributed by atoms with van der Waals surface area (Å²) in [5.74, 6) is -1.87. The van der Waals surface area contributed by atoms with Gasteiger partial charge in [-0.1, -0.05) is 48.5 Å². The summed E-state index contributed by atoms with van der Waals surface area (Å²) < 4.78 is 11.6. The minimum absolute atomic E-state index is 0.0399. The first kappa shape index (κ1) is 24.0. The van der Waals surface area contributed by atoms with Gasteiger partial charge in [0.2, 0.25) is 0 Å². The number of hydrogen-bond acceptors (Lipinski definition) is 6. The van der Waals surface area contributed by atoms with Crippen LogP contribution < -0.4 is 10.6 Å². The highest BCUT2D eigenvalue weighted by molar-refractivity contribution is 5.95. The average molecular weight is 479 g/mol. The molecule has 2 amide bonds. The first-order valence-corrected chi connectivity index (χ1v) is 11.0. The van der Waals surface area contributed by atoms with Crippen molar-refractivity contribution in [2.45, 2.75) is 18.5 Å². The molecule has 0 aliphatic heterocycles. The van der Waals surface area contributed by atoms with Crippen molar-refractivity contribution in [3.05, 3.63) is 77.1 Å². The fourth-order valence-corrected chi connectivity index (χ4v) is 4.21. The van der Waals surface area contributed by atoms with Crippen LogP contribution in [0.2, 0.25) is 0 Å². The van der Waals surface area contributed by atoms with Crippen molar-refractivity contribution in [2.24, 2.45) is 7.05 Å². The molecule has 3 aromatic rings. The summed E-state index contributed by atoms with van der Waals surface area (Å²) >= 11 is 0. The van der Waals surface area contributed by atoms with Crippen LogP contribution in [0.15, 0.2) is 54.6 Å². The van der Waals surface area contributed by atoms with E-state index in [1.54, 1.807) is 7.05 Å². The summed E-state index contributed by atoms with van der Waals surface area (Å²) in [5, 5.41) is 18.4. The van der Waals surface area contributed by atoms with Gasteiger partial charge in [-0.2, -0.15) is 5.10 Å². The van der Waals surface area contributed by atoms with Gasteiger partial charge < -0.3 is 25.2 Å². The molecule has 0 spiro atoms. The van der Waals surface area contributed by atoms with Crippen molar-refractivity contribution in [3.8, 4) is 11.1 Å². The second-order valence-corrected chi connectivity index (χ2v) is 8.14. The average Bonchev–Trinajstić information content (AvgIpc) is 3.38. The number of carbonyl (C=O) groups is 3. The lowest BCUT2D eigenvalue weighted by Crippen LogP contribution is -2.44. The molecule has 10 heteroatoms. The number of nitrogens with zero attached hydrogens (tertiary/aromatic N) is 2. The normalized spacial score (nSPS) is 13.0. The summed E-state index contributed by atoms with van der Waals surface area (Å²) in [6, 6.07) is 16.4. The van der Waals surface area contributed by atoms with Crippen molar-refractivity contribution in [1.82, 2.24) is 20.4 Å². The molecular weight excluding hydrogens is 452 g/mol. The molecule has 35 heavy (non-hydrogen) atoms. The van der Waals surface area contributed by atoms with Crippen LogP contribution in [0.4, 0.5) is 4.79 Å². The topological polar surface area (TPSA) is 132 Å². The van der Waals surface area contributed by atoms with E-state index in [1.807, 2.05) is 36.4 Å². The molecular formula is C25H26N4O6. The number of aryl methyl sites for hydroxylation is 1. The number of carbonyl (C=O) groups excluding carboxylic acids is 2. The summed E-state index contributed by atoms with van der Waals surface area (Å²) in [6.07, 6.45) is -0.602. The number of fused-ring (bicyclic) bond motifs is 3. The Hall–Kier alpha value is -4.18. The standard InChI is InChI=1S/C25H26N4O6/c1-29-22(23(30)27-21(14-34-2)24(31)32)11-15(28-29)12-26-25(33)35-13-20-18-9-5-3-7-16(18)17-8-4-6-10-19(17)20/h3-11,20-21H,12-14H2,1-2H3,(H,26,33)(H,27,30)(H,31,32). The molecule has 1 atom stereocenters. The molecule has 2 aromatic carbocycles. The fraction of sp³-hybridized carbons (Fsp3) is 0.280. The molecule has 0 fully saturated rings. The molecule has 1 aliphatic carbocycles. The first-order chi connectivity index (χ1) is 16.9. The number of alkyl carbamates (subject to hydrolysis) is 1. The maximum atomic E-state index is 12.5. The van der Waals surface area contributed by atoms with E-state index in [4.69, 9.17) is 9.47 Å². The van der Waals surface area contributed by atoms with Crippen LogP contribution in [-0.2, 0) is 27.9 Å². The molecule has 4 rings (SSSR count). The Morgan fingerprint density at radius 2 is 1.71 bits per heavy atom. The van der Waals surface area contributed by atoms with E-state index in [-0.39, 0.29) is 31.4 Å². The number of aliphatic carboxylic acids is 1. The second kappa shape index (κ2) is 10.4. The van der Waals surface area contributed by atoms with Gasteiger partial charge in [0.25, 0.3) is 5.91 Å². The number of hydrogen-bond donors (Lipinski definition) is 3. The maximum absolute atomic E-state index is 12.5. The minimum atomic E-state index is -1.21. The van der Waals surface area contributed by atoms with Crippen LogP contribution in [0.1, 0.15) is 33.2 Å². The Kier molecular flexibility index (Phi) is 7.11. The fourth-order valence-electron chi connectivity index (χ4n) is 4.21. The Morgan fingerprint density at radius 1 is 1.09 bits per heavy atom. The number of methoxy groups -OCH3 is 1. The zero-order chi connectivity index (χ0) is 24.9. The van der Waals surface area contributed by atoms with E-state index >= 15 is 0 Å². The smallest absolute Gasteiger partial charge is 0.407 e. The molecule has 10 nitrogen and oxygen atoms in total. The summed E-state index contributed by atoms with van der Waals surface area (Å²) in [5.41, 5.74) is 5.10. The molecule has 182 valence electrons. The largest absolute Gasteiger partial charge is 0.480 e. The van der Waals surface area contributed by atoms with E-state index in [1.165, 1.54) is 17.9 Å². The van der Waals surface area contributed by atoms with Gasteiger partial charge in [0.15, 0.2) is 6.04 Å². The number of benzene rings is 2. The van der Waals surface area contributed by atoms with E-state index in [2.05, 4.69) is 27.9 Å². The van der Waals surface area contributed by atoms with Gasteiger partial charge in [0, 0.05) is 20.1 Å². The molecule has 1 heterocycles. The Labute approximate surface area is 201 Å². The van der Waals surface area contributed by atoms with Crippen LogP contribution in [-0.4, -0.2) is 59.2 Å². The second-order valence-electron chi connectivity index (χ2n) is 8.14. The van der Waals surface area contributed by atoms with Gasteiger partial charge >= 0.3 is 12.1 Å². The number of nitrogens with one attached hydrogen (secondary N) is 2. The monoisotopic (exact) mass is 478 g/mol. The van der Waals surface area contributed by atoms with E-state index in [0.717, 1.165) is 22.3 Å². The Balaban J connectivity index is 1.34. The molecule has 0 saturated carbocycles. The third kappa shape index (κ3) is 5.17. The predicted molar refractivity (Wildman–Crippen MR) is 126 cm³/mol. The summed E-state index contributed by atoms with van der Waals surface area (Å²) in [6.45, 7) is 0.0547. The van der Waals surface area contributed by atoms with Gasteiger partial charge in [0.1, 0.15) is 12.3 Å². The lowest BCUT2D eigenvalue weighted by molar-refractivity contribution is -0.140. The van der Waals surface area contributed by atoms with Crippen molar-refractivity contribution >= 4 is 18.0 Å². The van der Waals surface area contributed by atoms with Gasteiger partial charge in [-0.25, -0.2) is 9.59 Å². The van der Waals surface area contributed by atoms with E-state index in [0.29, 0.717) is 5.69 Å². The minimum Gasteiger partial charge on any atom is -0.480 e. The third-order valence-electron chi connectivity index (χ3n) is 5.86. The van der Waals surface area contributed by atoms with Crippen molar-refractivity contribution in [3.63, 3.8) is 0 Å². The van der Waals surface area contributed by atoms with Gasteiger partial charge in [-0.15, -0.1) is 0 Å². The Bertz CT molecular complexity index is 1210. The highest BCUT2D eigenvalue weighted by Gasteiger charge is 2.29. The van der Waals surface area contributed by atoms with E-state index < -0.39 is 24.0 Å². The van der Waals surface area contributed by atoms with Crippen LogP contribution in [0.5, 0.6) is 0 Å². The number of amides is 2. The first-order valence-electron chi connectivity index (χ1n) is 11.0. The zero-order valence-electron chi connectivity index (χ0n) is 19.4. The summed E-state index contributed by atoms with van der Waals surface area (Å²) in [4.78, 5) is 36.1. The molecule has 1 unspecified atom stereocenters. The third-order valence-corrected chi connectivity index (χ3v) is 5.86.